The van der Waals surface area contributed by atoms with Crippen LogP contribution in [0.2, 0.25) is 0 Å². The fourth-order valence-corrected chi connectivity index (χ4v) is 2.44. The highest BCUT2D eigenvalue weighted by Gasteiger charge is 2.18. The summed E-state index contributed by atoms with van der Waals surface area (Å²) < 4.78 is 13.0. The van der Waals surface area contributed by atoms with E-state index in [1.165, 1.54) is 0 Å². The molecule has 122 valence electrons. The Labute approximate surface area is 135 Å². The van der Waals surface area contributed by atoms with Crippen molar-refractivity contribution >= 4 is 0 Å². The second-order valence-corrected chi connectivity index (χ2v) is 4.99. The number of ether oxygens (including phenoxy) is 2. The first-order valence-corrected chi connectivity index (χ1v) is 7.63. The number of rotatable bonds is 7. The van der Waals surface area contributed by atoms with E-state index >= 15 is 0 Å². The minimum absolute atomic E-state index is 0.0228. The summed E-state index contributed by atoms with van der Waals surface area (Å²) >= 11 is 0. The monoisotopic (exact) mass is 315 g/mol. The second kappa shape index (κ2) is 7.65. The molecule has 0 radical (unpaired) electrons. The van der Waals surface area contributed by atoms with Gasteiger partial charge in [0.05, 0.1) is 37.6 Å². The lowest BCUT2D eigenvalue weighted by atomic mass is 10.2. The Hall–Kier alpha value is -2.52. The zero-order valence-electron chi connectivity index (χ0n) is 13.7. The van der Waals surface area contributed by atoms with Gasteiger partial charge in [-0.2, -0.15) is 10.4 Å². The fourth-order valence-electron chi connectivity index (χ4n) is 2.44. The smallest absolute Gasteiger partial charge is 0.171 e. The van der Waals surface area contributed by atoms with E-state index in [1.54, 1.807) is 30.0 Å². The van der Waals surface area contributed by atoms with Gasteiger partial charge in [-0.3, -0.25) is 4.68 Å². The lowest BCUT2D eigenvalue weighted by Crippen LogP contribution is -2.08. The van der Waals surface area contributed by atoms with Gasteiger partial charge >= 0.3 is 0 Å². The second-order valence-electron chi connectivity index (χ2n) is 4.99. The Kier molecular flexibility index (Phi) is 5.61. The molecule has 0 bridgehead atoms. The molecule has 23 heavy (non-hydrogen) atoms. The van der Waals surface area contributed by atoms with Crippen molar-refractivity contribution in [1.82, 2.24) is 9.78 Å². The van der Waals surface area contributed by atoms with Crippen LogP contribution in [0.5, 0.6) is 17.2 Å². The van der Waals surface area contributed by atoms with Crippen LogP contribution in [0.3, 0.4) is 0 Å². The molecule has 1 aromatic heterocycles. The molecular formula is C17H21N3O3. The van der Waals surface area contributed by atoms with Crippen LogP contribution in [0.1, 0.15) is 30.8 Å². The molecule has 0 saturated heterocycles. The normalized spacial score (nSPS) is 10.4. The highest BCUT2D eigenvalue weighted by molar-refractivity contribution is 5.47. The van der Waals surface area contributed by atoms with E-state index in [2.05, 4.69) is 11.2 Å². The molecular weight excluding hydrogens is 294 g/mol. The Morgan fingerprint density at radius 2 is 1.96 bits per heavy atom. The van der Waals surface area contributed by atoms with Crippen molar-refractivity contribution in [2.45, 2.75) is 33.2 Å². The number of aliphatic hydroxyl groups excluding tert-OH is 1. The molecule has 0 spiro atoms. The molecule has 1 N–H and O–H groups in total. The van der Waals surface area contributed by atoms with Crippen molar-refractivity contribution in [1.29, 1.82) is 5.26 Å². The van der Waals surface area contributed by atoms with E-state index in [-0.39, 0.29) is 6.61 Å². The molecule has 0 aliphatic carbocycles. The summed E-state index contributed by atoms with van der Waals surface area (Å²) in [6, 6.07) is 7.16. The molecule has 2 rings (SSSR count). The van der Waals surface area contributed by atoms with Gasteiger partial charge in [0.2, 0.25) is 0 Å². The predicted molar refractivity (Wildman–Crippen MR) is 85.9 cm³/mol. The number of nitriles is 1. The topological polar surface area (TPSA) is 80.3 Å². The number of methoxy groups -OCH3 is 1. The van der Waals surface area contributed by atoms with E-state index in [0.29, 0.717) is 29.4 Å². The van der Waals surface area contributed by atoms with Gasteiger partial charge in [-0.1, -0.05) is 13.8 Å². The van der Waals surface area contributed by atoms with E-state index < -0.39 is 0 Å². The minimum atomic E-state index is 0.0228. The van der Waals surface area contributed by atoms with Crippen LogP contribution in [-0.2, 0) is 19.4 Å². The molecule has 0 fully saturated rings. The predicted octanol–water partition coefficient (Wildman–Crippen LogP) is 2.67. The maximum Gasteiger partial charge on any atom is 0.171 e. The number of aryl methyl sites for hydroxylation is 1. The number of aromatic nitrogens is 2. The molecule has 0 unspecified atom stereocenters. The fraction of sp³-hybridized carbons (Fsp3) is 0.412. The van der Waals surface area contributed by atoms with Crippen molar-refractivity contribution in [3.8, 4) is 23.3 Å². The highest BCUT2D eigenvalue weighted by atomic mass is 16.5. The van der Waals surface area contributed by atoms with E-state index in [4.69, 9.17) is 14.7 Å². The molecule has 6 nitrogen and oxygen atoms in total. The van der Waals surface area contributed by atoms with Crippen LogP contribution in [0, 0.1) is 11.3 Å². The molecule has 1 aromatic carbocycles. The Balaban J connectivity index is 2.45. The third kappa shape index (κ3) is 3.63. The average Bonchev–Trinajstić information content (AvgIpc) is 2.91. The van der Waals surface area contributed by atoms with Crippen LogP contribution in [0.15, 0.2) is 18.2 Å². The molecule has 1 heterocycles. The van der Waals surface area contributed by atoms with Gasteiger partial charge in [0.1, 0.15) is 17.2 Å². The largest absolute Gasteiger partial charge is 0.497 e. The number of nitrogens with zero attached hydrogens (tertiary/aromatic N) is 3. The summed E-state index contributed by atoms with van der Waals surface area (Å²) in [5.41, 5.74) is 2.23. The molecule has 2 aromatic rings. The van der Waals surface area contributed by atoms with Crippen LogP contribution in [0.4, 0.5) is 0 Å². The minimum Gasteiger partial charge on any atom is -0.497 e. The lowest BCUT2D eigenvalue weighted by Gasteiger charge is -2.10. The van der Waals surface area contributed by atoms with Gasteiger partial charge < -0.3 is 14.6 Å². The van der Waals surface area contributed by atoms with Gasteiger partial charge in [0.15, 0.2) is 5.75 Å². The van der Waals surface area contributed by atoms with Gasteiger partial charge in [-0.25, -0.2) is 0 Å². The van der Waals surface area contributed by atoms with E-state index in [0.717, 1.165) is 24.2 Å². The first kappa shape index (κ1) is 16.8. The quantitative estimate of drug-likeness (QED) is 0.849. The summed E-state index contributed by atoms with van der Waals surface area (Å²) in [5.74, 6) is 1.80. The third-order valence-corrected chi connectivity index (χ3v) is 3.52. The number of hydrogen-bond acceptors (Lipinski definition) is 5. The van der Waals surface area contributed by atoms with Gasteiger partial charge in [0.25, 0.3) is 0 Å². The standard InChI is InChI=1S/C17H21N3O3/c1-4-15-17(16(5-2)20(19-15)6-7-21)23-14-9-12(11-18)8-13(10-14)22-3/h8-10,21H,4-7H2,1-3H3. The van der Waals surface area contributed by atoms with Crippen molar-refractivity contribution in [3.05, 3.63) is 35.2 Å². The van der Waals surface area contributed by atoms with Crippen molar-refractivity contribution in [3.63, 3.8) is 0 Å². The first-order chi connectivity index (χ1) is 11.2. The SMILES string of the molecule is CCc1nn(CCO)c(CC)c1Oc1cc(C#N)cc(OC)c1. The van der Waals surface area contributed by atoms with Gasteiger partial charge in [-0.15, -0.1) is 0 Å². The molecule has 6 heteroatoms. The highest BCUT2D eigenvalue weighted by Crippen LogP contribution is 2.32. The van der Waals surface area contributed by atoms with Crippen molar-refractivity contribution in [2.75, 3.05) is 13.7 Å². The Morgan fingerprint density at radius 3 is 2.52 bits per heavy atom. The van der Waals surface area contributed by atoms with Crippen LogP contribution >= 0.6 is 0 Å². The number of benzene rings is 1. The number of aliphatic hydroxyl groups is 1. The van der Waals surface area contributed by atoms with Crippen LogP contribution in [0.25, 0.3) is 0 Å². The van der Waals surface area contributed by atoms with Crippen molar-refractivity contribution < 1.29 is 14.6 Å². The maximum atomic E-state index is 9.18. The van der Waals surface area contributed by atoms with Gasteiger partial charge in [0, 0.05) is 6.07 Å². The molecule has 0 amide bonds. The summed E-state index contributed by atoms with van der Waals surface area (Å²) in [5, 5.41) is 22.8. The molecule has 0 atom stereocenters. The van der Waals surface area contributed by atoms with E-state index in [9.17, 15) is 5.11 Å². The van der Waals surface area contributed by atoms with Gasteiger partial charge in [-0.05, 0) is 25.0 Å². The Morgan fingerprint density at radius 1 is 1.22 bits per heavy atom. The molecule has 0 saturated carbocycles. The first-order valence-electron chi connectivity index (χ1n) is 7.63. The third-order valence-electron chi connectivity index (χ3n) is 3.52. The number of hydrogen-bond donors (Lipinski definition) is 1. The Bertz CT molecular complexity index is 717. The summed E-state index contributed by atoms with van der Waals surface area (Å²) in [6.07, 6.45) is 1.45. The van der Waals surface area contributed by atoms with Crippen molar-refractivity contribution in [2.24, 2.45) is 0 Å². The van der Waals surface area contributed by atoms with Crippen LogP contribution in [-0.4, -0.2) is 28.6 Å². The average molecular weight is 315 g/mol. The molecule has 0 aliphatic heterocycles. The van der Waals surface area contributed by atoms with E-state index in [1.807, 2.05) is 13.8 Å². The zero-order chi connectivity index (χ0) is 16.8. The summed E-state index contributed by atoms with van der Waals surface area (Å²) in [6.45, 7) is 4.48. The lowest BCUT2D eigenvalue weighted by molar-refractivity contribution is 0.267. The van der Waals surface area contributed by atoms with Crippen LogP contribution < -0.4 is 9.47 Å². The summed E-state index contributed by atoms with van der Waals surface area (Å²) in [7, 11) is 1.55. The zero-order valence-corrected chi connectivity index (χ0v) is 13.7. The summed E-state index contributed by atoms with van der Waals surface area (Å²) in [4.78, 5) is 0. The maximum absolute atomic E-state index is 9.18. The molecule has 0 aliphatic rings.